The Hall–Kier alpha value is -3.59. The summed E-state index contributed by atoms with van der Waals surface area (Å²) in [5, 5.41) is 11.3. The van der Waals surface area contributed by atoms with Gasteiger partial charge in [0.2, 0.25) is 11.8 Å². The van der Waals surface area contributed by atoms with Crippen molar-refractivity contribution in [1.29, 1.82) is 0 Å². The van der Waals surface area contributed by atoms with Crippen molar-refractivity contribution in [2.24, 2.45) is 11.8 Å². The van der Waals surface area contributed by atoms with Gasteiger partial charge in [-0.15, -0.1) is 0 Å². The number of ketones is 1. The average molecular weight is 449 g/mol. The standard InChI is InChI=1S/C24H23N3O6/c1-13-5-7-14(8-6-13)22(28)21-20-19(16-4-3-11-25(16)21)23(29)26(24(20)30)17-12-15(27(31)32)9-10-18(17)33-2/h5-10,12,16,19-21H,3-4,11H2,1-2H3/t16-,19-,20-,21-/m1/s1. The zero-order valence-corrected chi connectivity index (χ0v) is 18.3. The lowest BCUT2D eigenvalue weighted by Gasteiger charge is -2.28. The van der Waals surface area contributed by atoms with E-state index in [9.17, 15) is 24.5 Å². The maximum Gasteiger partial charge on any atom is 0.271 e. The molecule has 0 radical (unpaired) electrons. The van der Waals surface area contributed by atoms with Gasteiger partial charge in [-0.3, -0.25) is 29.4 Å². The van der Waals surface area contributed by atoms with Crippen LogP contribution in [0.1, 0.15) is 28.8 Å². The first-order chi connectivity index (χ1) is 15.8. The van der Waals surface area contributed by atoms with Crippen LogP contribution in [0.4, 0.5) is 11.4 Å². The van der Waals surface area contributed by atoms with Crippen molar-refractivity contribution >= 4 is 29.0 Å². The van der Waals surface area contributed by atoms with E-state index in [0.717, 1.165) is 23.3 Å². The van der Waals surface area contributed by atoms with Crippen LogP contribution in [0, 0.1) is 28.9 Å². The number of methoxy groups -OCH3 is 1. The largest absolute Gasteiger partial charge is 0.495 e. The molecule has 0 saturated carbocycles. The number of fused-ring (bicyclic) bond motifs is 3. The van der Waals surface area contributed by atoms with Crippen LogP contribution in [0.3, 0.4) is 0 Å². The molecule has 3 heterocycles. The third-order valence-electron chi connectivity index (χ3n) is 7.07. The van der Waals surface area contributed by atoms with Crippen LogP contribution < -0.4 is 9.64 Å². The molecule has 0 aromatic heterocycles. The fraction of sp³-hybridized carbons (Fsp3) is 0.375. The minimum absolute atomic E-state index is 0.0437. The quantitative estimate of drug-likeness (QED) is 0.299. The molecule has 0 N–H and O–H groups in total. The van der Waals surface area contributed by atoms with Crippen molar-refractivity contribution in [3.63, 3.8) is 0 Å². The number of rotatable bonds is 5. The molecule has 2 aromatic rings. The van der Waals surface area contributed by atoms with Crippen LogP contribution in [0.25, 0.3) is 0 Å². The van der Waals surface area contributed by atoms with E-state index in [2.05, 4.69) is 0 Å². The lowest BCUT2D eigenvalue weighted by molar-refractivity contribution is -0.384. The molecule has 170 valence electrons. The number of anilines is 1. The molecule has 2 amide bonds. The number of benzene rings is 2. The zero-order valence-electron chi connectivity index (χ0n) is 18.3. The maximum absolute atomic E-state index is 13.7. The summed E-state index contributed by atoms with van der Waals surface area (Å²) in [5.41, 5.74) is 1.31. The van der Waals surface area contributed by atoms with Crippen LogP contribution in [0.2, 0.25) is 0 Å². The van der Waals surface area contributed by atoms with Crippen LogP contribution in [0.15, 0.2) is 42.5 Å². The Balaban J connectivity index is 1.58. The van der Waals surface area contributed by atoms with E-state index >= 15 is 0 Å². The van der Waals surface area contributed by atoms with E-state index in [1.807, 2.05) is 24.0 Å². The Morgan fingerprint density at radius 2 is 1.79 bits per heavy atom. The number of hydrogen-bond donors (Lipinski definition) is 0. The summed E-state index contributed by atoms with van der Waals surface area (Å²) < 4.78 is 5.31. The number of non-ortho nitro benzene ring substituents is 1. The highest BCUT2D eigenvalue weighted by atomic mass is 16.6. The van der Waals surface area contributed by atoms with Crippen molar-refractivity contribution < 1.29 is 24.0 Å². The SMILES string of the molecule is COc1ccc([N+](=O)[O-])cc1N1C(=O)[C@@H]2[C@H](C1=O)[C@H]1CCCN1[C@H]2C(=O)c1ccc(C)cc1. The third kappa shape index (κ3) is 3.14. The lowest BCUT2D eigenvalue weighted by atomic mass is 9.85. The Bertz CT molecular complexity index is 1180. The van der Waals surface area contributed by atoms with E-state index in [-0.39, 0.29) is 28.9 Å². The highest BCUT2D eigenvalue weighted by molar-refractivity contribution is 6.25. The highest BCUT2D eigenvalue weighted by Crippen LogP contribution is 2.50. The lowest BCUT2D eigenvalue weighted by Crippen LogP contribution is -2.46. The Morgan fingerprint density at radius 3 is 2.45 bits per heavy atom. The number of ether oxygens (including phenoxy) is 1. The minimum atomic E-state index is -0.833. The van der Waals surface area contributed by atoms with Gasteiger partial charge >= 0.3 is 0 Å². The molecule has 0 unspecified atom stereocenters. The topological polar surface area (TPSA) is 110 Å². The summed E-state index contributed by atoms with van der Waals surface area (Å²) >= 11 is 0. The van der Waals surface area contributed by atoms with Crippen LogP contribution in [-0.4, -0.2) is 53.2 Å². The predicted octanol–water partition coefficient (Wildman–Crippen LogP) is 2.75. The number of nitro groups is 1. The number of nitro benzene ring substituents is 1. The number of hydrogen-bond acceptors (Lipinski definition) is 7. The molecule has 2 aromatic carbocycles. The Morgan fingerprint density at radius 1 is 1.09 bits per heavy atom. The van der Waals surface area contributed by atoms with Gasteiger partial charge in [0.25, 0.3) is 5.69 Å². The van der Waals surface area contributed by atoms with E-state index in [4.69, 9.17) is 4.74 Å². The highest BCUT2D eigenvalue weighted by Gasteiger charge is 2.65. The van der Waals surface area contributed by atoms with Crippen molar-refractivity contribution in [3.8, 4) is 5.75 Å². The molecule has 3 saturated heterocycles. The van der Waals surface area contributed by atoms with Crippen LogP contribution in [-0.2, 0) is 9.59 Å². The van der Waals surface area contributed by atoms with E-state index < -0.39 is 34.6 Å². The van der Waals surface area contributed by atoms with E-state index in [1.165, 1.54) is 25.3 Å². The molecule has 0 spiro atoms. The van der Waals surface area contributed by atoms with Gasteiger partial charge in [0, 0.05) is 23.7 Å². The first-order valence-electron chi connectivity index (χ1n) is 10.9. The summed E-state index contributed by atoms with van der Waals surface area (Å²) in [6.07, 6.45) is 1.56. The number of carbonyl (C=O) groups is 3. The van der Waals surface area contributed by atoms with Gasteiger partial charge in [0.1, 0.15) is 11.4 Å². The molecule has 3 aliphatic rings. The molecule has 0 bridgehead atoms. The Kier molecular flexibility index (Phi) is 5.01. The molecule has 0 aliphatic carbocycles. The molecular formula is C24H23N3O6. The molecular weight excluding hydrogens is 426 g/mol. The van der Waals surface area contributed by atoms with Crippen molar-refractivity contribution in [2.75, 3.05) is 18.6 Å². The second-order valence-corrected chi connectivity index (χ2v) is 8.80. The van der Waals surface area contributed by atoms with Crippen LogP contribution >= 0.6 is 0 Å². The van der Waals surface area contributed by atoms with E-state index in [0.29, 0.717) is 12.1 Å². The van der Waals surface area contributed by atoms with Gasteiger partial charge in [-0.2, -0.15) is 0 Å². The second-order valence-electron chi connectivity index (χ2n) is 8.80. The molecule has 3 aliphatic heterocycles. The smallest absolute Gasteiger partial charge is 0.271 e. The van der Waals surface area contributed by atoms with Gasteiger partial charge in [0.15, 0.2) is 5.78 Å². The number of aryl methyl sites for hydroxylation is 1. The summed E-state index contributed by atoms with van der Waals surface area (Å²) in [6.45, 7) is 2.58. The fourth-order valence-corrected chi connectivity index (χ4v) is 5.61. The number of amides is 2. The molecule has 5 rings (SSSR count). The maximum atomic E-state index is 13.7. The van der Waals surface area contributed by atoms with Gasteiger partial charge in [-0.1, -0.05) is 29.8 Å². The molecule has 3 fully saturated rings. The molecule has 9 heteroatoms. The number of carbonyl (C=O) groups excluding carboxylic acids is 3. The Labute approximate surface area is 190 Å². The molecule has 4 atom stereocenters. The average Bonchev–Trinajstić information content (AvgIpc) is 3.45. The van der Waals surface area contributed by atoms with Gasteiger partial charge < -0.3 is 4.74 Å². The fourth-order valence-electron chi connectivity index (χ4n) is 5.61. The predicted molar refractivity (Wildman–Crippen MR) is 118 cm³/mol. The number of imide groups is 1. The van der Waals surface area contributed by atoms with Crippen molar-refractivity contribution in [3.05, 3.63) is 63.7 Å². The number of Topliss-reactive ketones (excluding diaryl/α,β-unsaturated/α-hetero) is 1. The summed E-state index contributed by atoms with van der Waals surface area (Å²) in [5.74, 6) is -2.43. The van der Waals surface area contributed by atoms with Gasteiger partial charge in [0.05, 0.1) is 29.9 Å². The zero-order chi connectivity index (χ0) is 23.4. The molecule has 33 heavy (non-hydrogen) atoms. The van der Waals surface area contributed by atoms with Crippen molar-refractivity contribution in [2.45, 2.75) is 31.8 Å². The first-order valence-corrected chi connectivity index (χ1v) is 10.9. The van der Waals surface area contributed by atoms with Gasteiger partial charge in [-0.25, -0.2) is 4.90 Å². The summed E-state index contributed by atoms with van der Waals surface area (Å²) in [4.78, 5) is 54.6. The van der Waals surface area contributed by atoms with Crippen molar-refractivity contribution in [1.82, 2.24) is 4.90 Å². The van der Waals surface area contributed by atoms with Crippen LogP contribution in [0.5, 0.6) is 5.75 Å². The monoisotopic (exact) mass is 449 g/mol. The normalized spacial score (nSPS) is 26.4. The summed E-state index contributed by atoms with van der Waals surface area (Å²) in [6, 6.07) is 10.1. The van der Waals surface area contributed by atoms with Gasteiger partial charge in [-0.05, 0) is 32.4 Å². The third-order valence-corrected chi connectivity index (χ3v) is 7.07. The number of nitrogens with zero attached hydrogens (tertiary/aromatic N) is 3. The minimum Gasteiger partial charge on any atom is -0.495 e. The second kappa shape index (κ2) is 7.77. The summed E-state index contributed by atoms with van der Waals surface area (Å²) in [7, 11) is 1.37. The van der Waals surface area contributed by atoms with E-state index in [1.54, 1.807) is 12.1 Å². The first kappa shape index (κ1) is 21.3. The molecule has 9 nitrogen and oxygen atoms in total.